The van der Waals surface area contributed by atoms with Gasteiger partial charge >= 0.3 is 0 Å². The van der Waals surface area contributed by atoms with Crippen molar-refractivity contribution in [3.63, 3.8) is 0 Å². The monoisotopic (exact) mass is 224 g/mol. The maximum atomic E-state index is 4.73. The summed E-state index contributed by atoms with van der Waals surface area (Å²) < 4.78 is 0. The van der Waals surface area contributed by atoms with Gasteiger partial charge in [0, 0.05) is 16.8 Å². The van der Waals surface area contributed by atoms with Gasteiger partial charge in [0.05, 0.1) is 5.69 Å². The van der Waals surface area contributed by atoms with Crippen molar-refractivity contribution in [2.75, 3.05) is 5.32 Å². The number of anilines is 1. The average molecular weight is 224 g/mol. The number of fused-ring (bicyclic) bond motifs is 1. The Bertz CT molecular complexity index is 343. The van der Waals surface area contributed by atoms with Crippen LogP contribution in [0.2, 0.25) is 0 Å². The van der Waals surface area contributed by atoms with Gasteiger partial charge in [-0.25, -0.2) is 4.98 Å². The quantitative estimate of drug-likeness (QED) is 0.829. The first kappa shape index (κ1) is 10.9. The second-order valence-electron chi connectivity index (χ2n) is 4.93. The summed E-state index contributed by atoms with van der Waals surface area (Å²) >= 11 is 1.85. The number of thiazole rings is 1. The van der Waals surface area contributed by atoms with Crippen molar-refractivity contribution in [3.05, 3.63) is 10.6 Å². The normalized spacial score (nSPS) is 25.4. The summed E-state index contributed by atoms with van der Waals surface area (Å²) in [5, 5.41) is 4.51. The molecule has 2 rings (SSSR count). The second-order valence-corrected chi connectivity index (χ2v) is 6.01. The lowest BCUT2D eigenvalue weighted by molar-refractivity contribution is 0.422. The van der Waals surface area contributed by atoms with Crippen LogP contribution >= 0.6 is 11.3 Å². The third-order valence-corrected chi connectivity index (χ3v) is 4.31. The van der Waals surface area contributed by atoms with Gasteiger partial charge in [0.2, 0.25) is 0 Å². The van der Waals surface area contributed by atoms with Crippen LogP contribution in [0.4, 0.5) is 5.13 Å². The molecule has 3 heteroatoms. The van der Waals surface area contributed by atoms with Gasteiger partial charge in [-0.15, -0.1) is 11.3 Å². The van der Waals surface area contributed by atoms with E-state index in [-0.39, 0.29) is 0 Å². The van der Waals surface area contributed by atoms with E-state index < -0.39 is 0 Å². The van der Waals surface area contributed by atoms with E-state index in [0.29, 0.717) is 12.0 Å². The van der Waals surface area contributed by atoms with Gasteiger partial charge in [0.1, 0.15) is 0 Å². The van der Waals surface area contributed by atoms with Crippen LogP contribution in [-0.4, -0.2) is 11.0 Å². The van der Waals surface area contributed by atoms with E-state index in [1.165, 1.54) is 23.4 Å². The molecule has 84 valence electrons. The van der Waals surface area contributed by atoms with Gasteiger partial charge in [-0.1, -0.05) is 13.8 Å². The predicted molar refractivity (Wildman–Crippen MR) is 66.8 cm³/mol. The lowest BCUT2D eigenvalue weighted by Crippen LogP contribution is -2.15. The Morgan fingerprint density at radius 1 is 1.40 bits per heavy atom. The Morgan fingerprint density at radius 2 is 2.13 bits per heavy atom. The van der Waals surface area contributed by atoms with E-state index >= 15 is 0 Å². The first-order valence-corrected chi connectivity index (χ1v) is 6.65. The molecule has 15 heavy (non-hydrogen) atoms. The number of hydrogen-bond donors (Lipinski definition) is 1. The number of aryl methyl sites for hydroxylation is 1. The molecule has 0 fully saturated rings. The molecule has 0 saturated carbocycles. The summed E-state index contributed by atoms with van der Waals surface area (Å²) in [6.07, 6.45) is 2.54. The third-order valence-electron chi connectivity index (χ3n) is 3.25. The van der Waals surface area contributed by atoms with Gasteiger partial charge < -0.3 is 5.32 Å². The Morgan fingerprint density at radius 3 is 2.80 bits per heavy atom. The molecule has 1 heterocycles. The average Bonchev–Trinajstić information content (AvgIpc) is 2.54. The molecule has 1 aromatic heterocycles. The van der Waals surface area contributed by atoms with Crippen LogP contribution in [0.5, 0.6) is 0 Å². The van der Waals surface area contributed by atoms with Gasteiger partial charge in [-0.05, 0) is 32.6 Å². The first-order valence-electron chi connectivity index (χ1n) is 5.84. The highest BCUT2D eigenvalue weighted by Crippen LogP contribution is 2.39. The topological polar surface area (TPSA) is 24.9 Å². The van der Waals surface area contributed by atoms with Crippen molar-refractivity contribution < 1.29 is 0 Å². The van der Waals surface area contributed by atoms with E-state index in [1.54, 1.807) is 0 Å². The van der Waals surface area contributed by atoms with E-state index in [9.17, 15) is 0 Å². The number of hydrogen-bond acceptors (Lipinski definition) is 3. The first-order chi connectivity index (χ1) is 7.08. The Kier molecular flexibility index (Phi) is 3.01. The molecule has 1 N–H and O–H groups in total. The van der Waals surface area contributed by atoms with E-state index in [1.807, 2.05) is 11.3 Å². The lowest BCUT2D eigenvalue weighted by atomic mass is 9.83. The predicted octanol–water partition coefficient (Wildman–Crippen LogP) is 3.65. The second kappa shape index (κ2) is 4.12. The van der Waals surface area contributed by atoms with Crippen LogP contribution in [0.15, 0.2) is 0 Å². The van der Waals surface area contributed by atoms with E-state index in [0.717, 1.165) is 11.0 Å². The summed E-state index contributed by atoms with van der Waals surface area (Å²) in [5.41, 5.74) is 1.35. The molecule has 0 aromatic carbocycles. The Balaban J connectivity index is 2.23. The van der Waals surface area contributed by atoms with Crippen LogP contribution < -0.4 is 5.32 Å². The molecule has 1 aromatic rings. The molecule has 0 spiro atoms. The van der Waals surface area contributed by atoms with Crippen molar-refractivity contribution in [1.29, 1.82) is 0 Å². The summed E-state index contributed by atoms with van der Waals surface area (Å²) in [6, 6.07) is 0.477. The fraction of sp³-hybridized carbons (Fsp3) is 0.750. The van der Waals surface area contributed by atoms with Gasteiger partial charge in [-0.3, -0.25) is 0 Å². The maximum Gasteiger partial charge on any atom is 0.183 e. The zero-order chi connectivity index (χ0) is 11.0. The molecule has 0 saturated heterocycles. The molecule has 0 radical (unpaired) electrons. The molecule has 0 bridgehead atoms. The standard InChI is InChI=1S/C12H20N2S/c1-7(2)13-12-14-11-9(4)8(3)5-6-10(11)15-12/h7-9H,5-6H2,1-4H3,(H,13,14). The fourth-order valence-electron chi connectivity index (χ4n) is 2.09. The van der Waals surface area contributed by atoms with Gasteiger partial charge in [-0.2, -0.15) is 0 Å². The summed E-state index contributed by atoms with van der Waals surface area (Å²) in [6.45, 7) is 8.96. The van der Waals surface area contributed by atoms with Crippen molar-refractivity contribution in [3.8, 4) is 0 Å². The van der Waals surface area contributed by atoms with Gasteiger partial charge in [0.25, 0.3) is 0 Å². The molecule has 1 aliphatic rings. The van der Waals surface area contributed by atoms with Crippen molar-refractivity contribution in [2.45, 2.75) is 52.5 Å². The van der Waals surface area contributed by atoms with Crippen LogP contribution in [0.25, 0.3) is 0 Å². The van der Waals surface area contributed by atoms with Crippen molar-refractivity contribution in [2.24, 2.45) is 5.92 Å². The Hall–Kier alpha value is -0.570. The fourth-order valence-corrected chi connectivity index (χ4v) is 3.31. The van der Waals surface area contributed by atoms with Crippen molar-refractivity contribution >= 4 is 16.5 Å². The number of rotatable bonds is 2. The van der Waals surface area contributed by atoms with Crippen LogP contribution in [0.3, 0.4) is 0 Å². The molecular formula is C12H20N2S. The highest BCUT2D eigenvalue weighted by atomic mass is 32.1. The smallest absolute Gasteiger partial charge is 0.183 e. The van der Waals surface area contributed by atoms with Crippen molar-refractivity contribution in [1.82, 2.24) is 4.98 Å². The molecule has 2 atom stereocenters. The van der Waals surface area contributed by atoms with Crippen LogP contribution in [-0.2, 0) is 6.42 Å². The van der Waals surface area contributed by atoms with E-state index in [4.69, 9.17) is 4.98 Å². The Labute approximate surface area is 96.1 Å². The minimum Gasteiger partial charge on any atom is -0.359 e. The summed E-state index contributed by atoms with van der Waals surface area (Å²) in [4.78, 5) is 6.23. The summed E-state index contributed by atoms with van der Waals surface area (Å²) in [5.74, 6) is 1.42. The molecule has 0 aliphatic heterocycles. The molecule has 2 nitrogen and oxygen atoms in total. The van der Waals surface area contributed by atoms with Gasteiger partial charge in [0.15, 0.2) is 5.13 Å². The lowest BCUT2D eigenvalue weighted by Gasteiger charge is -2.24. The minimum atomic E-state index is 0.477. The zero-order valence-electron chi connectivity index (χ0n) is 10.0. The maximum absolute atomic E-state index is 4.73. The minimum absolute atomic E-state index is 0.477. The summed E-state index contributed by atoms with van der Waals surface area (Å²) in [7, 11) is 0. The van der Waals surface area contributed by atoms with E-state index in [2.05, 4.69) is 33.0 Å². The highest BCUT2D eigenvalue weighted by molar-refractivity contribution is 7.15. The number of nitrogens with one attached hydrogen (secondary N) is 1. The largest absolute Gasteiger partial charge is 0.359 e. The van der Waals surface area contributed by atoms with Crippen LogP contribution in [0, 0.1) is 5.92 Å². The molecule has 0 amide bonds. The third kappa shape index (κ3) is 2.17. The molecule has 1 aliphatic carbocycles. The number of nitrogens with zero attached hydrogens (tertiary/aromatic N) is 1. The molecular weight excluding hydrogens is 204 g/mol. The SMILES string of the molecule is CC(C)Nc1nc2c(s1)CCC(C)C2C. The number of aromatic nitrogens is 1. The zero-order valence-corrected chi connectivity index (χ0v) is 10.8. The van der Waals surface area contributed by atoms with Crippen LogP contribution in [0.1, 0.15) is 50.6 Å². The molecule has 2 unspecified atom stereocenters. The highest BCUT2D eigenvalue weighted by Gasteiger charge is 2.26.